The van der Waals surface area contributed by atoms with Crippen LogP contribution in [0.3, 0.4) is 0 Å². The fourth-order valence-electron chi connectivity index (χ4n) is 2.82. The molecule has 0 saturated carbocycles. The summed E-state index contributed by atoms with van der Waals surface area (Å²) in [6.07, 6.45) is 3.23. The van der Waals surface area contributed by atoms with Gasteiger partial charge in [0.25, 0.3) is 0 Å². The van der Waals surface area contributed by atoms with E-state index in [1.54, 1.807) is 35.2 Å². The fraction of sp³-hybridized carbons (Fsp3) is 0.250. The number of rotatable bonds is 4. The molecule has 1 amide bonds. The van der Waals surface area contributed by atoms with Crippen LogP contribution in [0.2, 0.25) is 0 Å². The largest absolute Gasteiger partial charge is 0.337 e. The first-order valence-corrected chi connectivity index (χ1v) is 8.29. The second kappa shape index (κ2) is 8.03. The molecule has 1 heterocycles. The van der Waals surface area contributed by atoms with Crippen molar-refractivity contribution in [3.8, 4) is 0 Å². The first kappa shape index (κ1) is 17.3. The van der Waals surface area contributed by atoms with E-state index in [2.05, 4.69) is 4.90 Å². The van der Waals surface area contributed by atoms with E-state index in [9.17, 15) is 13.6 Å². The zero-order valence-electron chi connectivity index (χ0n) is 13.9. The molecule has 1 saturated heterocycles. The molecule has 0 N–H and O–H groups in total. The van der Waals surface area contributed by atoms with Crippen LogP contribution in [-0.2, 0) is 11.3 Å². The minimum Gasteiger partial charge on any atom is -0.337 e. The molecule has 0 aromatic heterocycles. The molecule has 1 fully saturated rings. The van der Waals surface area contributed by atoms with Crippen LogP contribution < -0.4 is 0 Å². The van der Waals surface area contributed by atoms with Gasteiger partial charge in [-0.25, -0.2) is 8.78 Å². The zero-order valence-corrected chi connectivity index (χ0v) is 13.9. The van der Waals surface area contributed by atoms with E-state index in [1.165, 1.54) is 30.3 Å². The third-order valence-corrected chi connectivity index (χ3v) is 4.29. The number of nitrogens with zero attached hydrogens (tertiary/aromatic N) is 2. The number of carbonyl (C=O) groups is 1. The quantitative estimate of drug-likeness (QED) is 0.796. The predicted octanol–water partition coefficient (Wildman–Crippen LogP) is 3.32. The minimum absolute atomic E-state index is 0.0363. The van der Waals surface area contributed by atoms with E-state index in [0.29, 0.717) is 13.1 Å². The number of benzene rings is 2. The molecule has 0 atom stereocenters. The summed E-state index contributed by atoms with van der Waals surface area (Å²) in [6, 6.07) is 12.5. The molecule has 0 radical (unpaired) electrons. The molecule has 3 nitrogen and oxygen atoms in total. The summed E-state index contributed by atoms with van der Waals surface area (Å²) >= 11 is 0. The summed E-state index contributed by atoms with van der Waals surface area (Å²) in [5.74, 6) is -0.557. The third kappa shape index (κ3) is 4.97. The number of carbonyl (C=O) groups excluding carboxylic acids is 1. The molecule has 1 aliphatic heterocycles. The molecule has 5 heteroatoms. The Hall–Kier alpha value is -2.53. The monoisotopic (exact) mass is 342 g/mol. The maximum Gasteiger partial charge on any atom is 0.246 e. The second-order valence-corrected chi connectivity index (χ2v) is 6.11. The lowest BCUT2D eigenvalue weighted by Crippen LogP contribution is -2.47. The summed E-state index contributed by atoms with van der Waals surface area (Å²) in [7, 11) is 0. The number of hydrogen-bond acceptors (Lipinski definition) is 2. The van der Waals surface area contributed by atoms with Gasteiger partial charge in [-0.2, -0.15) is 0 Å². The summed E-state index contributed by atoms with van der Waals surface area (Å²) in [5, 5.41) is 0. The summed E-state index contributed by atoms with van der Waals surface area (Å²) < 4.78 is 25.8. The van der Waals surface area contributed by atoms with Gasteiger partial charge in [0.2, 0.25) is 5.91 Å². The van der Waals surface area contributed by atoms with Crippen LogP contribution in [0.5, 0.6) is 0 Å². The average Bonchev–Trinajstić information content (AvgIpc) is 2.63. The number of piperazine rings is 1. The normalized spacial score (nSPS) is 15.7. The van der Waals surface area contributed by atoms with Crippen molar-refractivity contribution < 1.29 is 13.6 Å². The van der Waals surface area contributed by atoms with Crippen LogP contribution >= 0.6 is 0 Å². The third-order valence-electron chi connectivity index (χ3n) is 4.29. The highest BCUT2D eigenvalue weighted by Crippen LogP contribution is 2.11. The van der Waals surface area contributed by atoms with Crippen molar-refractivity contribution in [1.82, 2.24) is 9.80 Å². The van der Waals surface area contributed by atoms with Crippen LogP contribution in [0.4, 0.5) is 8.78 Å². The zero-order chi connectivity index (χ0) is 17.6. The molecular formula is C20H20F2N2O. The van der Waals surface area contributed by atoms with E-state index in [-0.39, 0.29) is 17.5 Å². The molecule has 1 aliphatic rings. The van der Waals surface area contributed by atoms with Gasteiger partial charge in [-0.3, -0.25) is 9.69 Å². The van der Waals surface area contributed by atoms with Gasteiger partial charge >= 0.3 is 0 Å². The van der Waals surface area contributed by atoms with Crippen molar-refractivity contribution in [2.45, 2.75) is 6.54 Å². The van der Waals surface area contributed by atoms with Gasteiger partial charge in [-0.1, -0.05) is 24.3 Å². The molecule has 2 aromatic carbocycles. The van der Waals surface area contributed by atoms with Gasteiger partial charge in [0.1, 0.15) is 11.6 Å². The van der Waals surface area contributed by atoms with Crippen LogP contribution in [0.15, 0.2) is 54.6 Å². The smallest absolute Gasteiger partial charge is 0.246 e. The van der Waals surface area contributed by atoms with Gasteiger partial charge in [0.05, 0.1) is 0 Å². The fourth-order valence-corrected chi connectivity index (χ4v) is 2.82. The van der Waals surface area contributed by atoms with Gasteiger partial charge in [0, 0.05) is 38.8 Å². The molecule has 0 aliphatic carbocycles. The summed E-state index contributed by atoms with van der Waals surface area (Å²) in [4.78, 5) is 16.3. The van der Waals surface area contributed by atoms with Crippen molar-refractivity contribution in [1.29, 1.82) is 0 Å². The molecule has 130 valence electrons. The first-order valence-electron chi connectivity index (χ1n) is 8.29. The van der Waals surface area contributed by atoms with Crippen LogP contribution in [-0.4, -0.2) is 41.9 Å². The van der Waals surface area contributed by atoms with Crippen molar-refractivity contribution in [2.75, 3.05) is 26.2 Å². The Morgan fingerprint density at radius 1 is 0.880 bits per heavy atom. The number of amides is 1. The Balaban J connectivity index is 1.48. The first-order chi connectivity index (χ1) is 12.1. The van der Waals surface area contributed by atoms with Crippen molar-refractivity contribution in [2.24, 2.45) is 0 Å². The van der Waals surface area contributed by atoms with Gasteiger partial charge < -0.3 is 4.90 Å². The predicted molar refractivity (Wildman–Crippen MR) is 93.7 cm³/mol. The van der Waals surface area contributed by atoms with E-state index < -0.39 is 0 Å². The van der Waals surface area contributed by atoms with Crippen molar-refractivity contribution in [3.05, 3.63) is 77.4 Å². The molecule has 0 bridgehead atoms. The molecule has 25 heavy (non-hydrogen) atoms. The van der Waals surface area contributed by atoms with Crippen LogP contribution in [0.1, 0.15) is 11.1 Å². The highest BCUT2D eigenvalue weighted by molar-refractivity contribution is 5.91. The Bertz CT molecular complexity index is 733. The van der Waals surface area contributed by atoms with Gasteiger partial charge in [0.15, 0.2) is 0 Å². The van der Waals surface area contributed by atoms with E-state index >= 15 is 0 Å². The number of halogens is 2. The second-order valence-electron chi connectivity index (χ2n) is 6.11. The molecule has 0 unspecified atom stereocenters. The Labute approximate surface area is 146 Å². The molecule has 3 rings (SSSR count). The highest BCUT2D eigenvalue weighted by atomic mass is 19.1. The van der Waals surface area contributed by atoms with E-state index in [1.807, 2.05) is 0 Å². The molecular weight excluding hydrogens is 322 g/mol. The minimum atomic E-state index is -0.291. The Morgan fingerprint density at radius 3 is 2.04 bits per heavy atom. The molecule has 2 aromatic rings. The molecule has 0 spiro atoms. The lowest BCUT2D eigenvalue weighted by Gasteiger charge is -2.34. The highest BCUT2D eigenvalue weighted by Gasteiger charge is 2.19. The van der Waals surface area contributed by atoms with Gasteiger partial charge in [-0.15, -0.1) is 0 Å². The summed E-state index contributed by atoms with van der Waals surface area (Å²) in [6.45, 7) is 3.65. The Morgan fingerprint density at radius 2 is 1.44 bits per heavy atom. The summed E-state index contributed by atoms with van der Waals surface area (Å²) in [5.41, 5.74) is 1.86. The van der Waals surface area contributed by atoms with Crippen LogP contribution in [0, 0.1) is 11.6 Å². The van der Waals surface area contributed by atoms with Crippen molar-refractivity contribution >= 4 is 12.0 Å². The van der Waals surface area contributed by atoms with Crippen LogP contribution in [0.25, 0.3) is 6.08 Å². The topological polar surface area (TPSA) is 23.6 Å². The SMILES string of the molecule is O=C(/C=C/c1ccc(F)cc1)N1CCN(Cc2ccc(F)cc2)CC1. The lowest BCUT2D eigenvalue weighted by molar-refractivity contribution is -0.127. The Kier molecular flexibility index (Phi) is 5.56. The lowest BCUT2D eigenvalue weighted by atomic mass is 10.2. The standard InChI is InChI=1S/C20H20F2N2O/c21-18-6-1-16(2-7-18)5-10-20(25)24-13-11-23(12-14-24)15-17-3-8-19(22)9-4-17/h1-10H,11-15H2/b10-5+. The van der Waals surface area contributed by atoms with E-state index in [4.69, 9.17) is 0 Å². The van der Waals surface area contributed by atoms with E-state index in [0.717, 1.165) is 30.8 Å². The van der Waals surface area contributed by atoms with Gasteiger partial charge in [-0.05, 0) is 41.5 Å². The maximum atomic E-state index is 12.9. The number of hydrogen-bond donors (Lipinski definition) is 0. The average molecular weight is 342 g/mol. The maximum absolute atomic E-state index is 12.9. The van der Waals surface area contributed by atoms with Crippen molar-refractivity contribution in [3.63, 3.8) is 0 Å².